The van der Waals surface area contributed by atoms with Gasteiger partial charge in [0.05, 0.1) is 0 Å². The summed E-state index contributed by atoms with van der Waals surface area (Å²) in [6, 6.07) is 0. The quantitative estimate of drug-likeness (QED) is 0.250. The van der Waals surface area contributed by atoms with E-state index in [0.29, 0.717) is 0 Å². The summed E-state index contributed by atoms with van der Waals surface area (Å²) in [4.78, 5) is 0. The van der Waals surface area contributed by atoms with E-state index >= 15 is 13.2 Å². The molecule has 2 saturated carbocycles. The highest BCUT2D eigenvalue weighted by Crippen LogP contribution is 2.85. The van der Waals surface area contributed by atoms with Gasteiger partial charge in [-0.15, -0.1) is 0 Å². The number of hydrogen-bond donors (Lipinski definition) is 0. The van der Waals surface area contributed by atoms with Gasteiger partial charge in [-0.3, -0.25) is 0 Å². The molecule has 0 aromatic carbocycles. The van der Waals surface area contributed by atoms with Crippen molar-refractivity contribution in [1.82, 2.24) is 0 Å². The lowest BCUT2D eigenvalue weighted by Gasteiger charge is -2.68. The fourth-order valence-corrected chi connectivity index (χ4v) is 4.45. The van der Waals surface area contributed by atoms with Crippen LogP contribution in [0.1, 0.15) is 0 Å². The zero-order valence-electron chi connectivity index (χ0n) is 16.8. The van der Waals surface area contributed by atoms with Gasteiger partial charge in [-0.1, -0.05) is 0 Å². The van der Waals surface area contributed by atoms with E-state index in [2.05, 4.69) is 0 Å². The second-order valence-electron chi connectivity index (χ2n) is 8.23. The van der Waals surface area contributed by atoms with Crippen LogP contribution in [-0.2, 0) is 0 Å². The van der Waals surface area contributed by atoms with Gasteiger partial charge in [0, 0.05) is 0 Å². The molecule has 0 aromatic heterocycles. The summed E-state index contributed by atoms with van der Waals surface area (Å²) in [6.45, 7) is 0. The van der Waals surface area contributed by atoms with Crippen molar-refractivity contribution in [1.29, 1.82) is 0 Å². The molecule has 26 heteroatoms. The zero-order valence-corrected chi connectivity index (χ0v) is 16.8. The highest BCUT2D eigenvalue weighted by molar-refractivity contribution is 5.50. The Morgan fingerprint density at radius 3 is 0.800 bits per heavy atom. The number of alkyl halides is 26. The van der Waals surface area contributed by atoms with Gasteiger partial charge in [-0.2, -0.15) is 92.2 Å². The highest BCUT2D eigenvalue weighted by atomic mass is 19.4. The van der Waals surface area contributed by atoms with Gasteiger partial charge in [-0.25, -0.2) is 22.0 Å². The zero-order chi connectivity index (χ0) is 33.0. The van der Waals surface area contributed by atoms with Crippen LogP contribution in [0.5, 0.6) is 0 Å². The van der Waals surface area contributed by atoms with Gasteiger partial charge in [0.15, 0.2) is 0 Å². The fraction of sp³-hybridized carbons (Fsp3) is 1.00. The summed E-state index contributed by atoms with van der Waals surface area (Å²) in [6.07, 6.45) is -27.8. The lowest BCUT2D eigenvalue weighted by atomic mass is 9.44. The van der Waals surface area contributed by atoms with E-state index in [1.54, 1.807) is 0 Å². The summed E-state index contributed by atoms with van der Waals surface area (Å²) in [5, 5.41) is 0. The van der Waals surface area contributed by atoms with Gasteiger partial charge in [0.25, 0.3) is 22.7 Å². The summed E-state index contributed by atoms with van der Waals surface area (Å²) in [5.41, 5.74) is -50.9. The Kier molecular flexibility index (Phi) is 6.19. The van der Waals surface area contributed by atoms with Crippen LogP contribution in [0.25, 0.3) is 0 Å². The number of halogens is 26. The van der Waals surface area contributed by atoms with E-state index in [1.165, 1.54) is 0 Å². The Morgan fingerprint density at radius 2 is 0.550 bits per heavy atom. The molecule has 0 spiro atoms. The largest absolute Gasteiger partial charge is 0.457 e. The summed E-state index contributed by atoms with van der Waals surface area (Å²) in [7, 11) is 0. The first kappa shape index (κ1) is 34.4. The average molecular weight is 662 g/mol. The topological polar surface area (TPSA) is 0 Å². The minimum absolute atomic E-state index is 9.03. The predicted molar refractivity (Wildman–Crippen MR) is 67.0 cm³/mol. The van der Waals surface area contributed by atoms with Crippen LogP contribution in [0.2, 0.25) is 0 Å². The Morgan fingerprint density at radius 1 is 0.275 bits per heavy atom. The molecule has 0 bridgehead atoms. The van der Waals surface area contributed by atoms with Crippen LogP contribution in [0.4, 0.5) is 114 Å². The molecule has 40 heavy (non-hydrogen) atoms. The smallest absolute Gasteiger partial charge is 0.229 e. The normalized spacial score (nSPS) is 42.8. The molecule has 2 fully saturated rings. The van der Waals surface area contributed by atoms with E-state index < -0.39 is 82.4 Å². The Hall–Kier alpha value is -1.82. The van der Waals surface area contributed by atoms with Gasteiger partial charge in [-0.05, 0) is 0 Å². The van der Waals surface area contributed by atoms with Crippen LogP contribution in [-0.4, -0.2) is 82.4 Å². The predicted octanol–water partition coefficient (Wildman–Crippen LogP) is 8.05. The van der Waals surface area contributed by atoms with Gasteiger partial charge in [0.2, 0.25) is 0 Å². The molecule has 2 aliphatic rings. The van der Waals surface area contributed by atoms with Crippen LogP contribution in [0.15, 0.2) is 0 Å². The standard InChI is InChI=1S/C14F26/c15-1(9(26,27)14(38,39)40)2(16)4(18,8(24,25)11(30,31)10(28,29)7(2,22)23)6(20,21)5(19,13(35,36)37)3(1,17)12(32,33)34/t1-,2-,3-,4+,5-/m1/s1. The fourth-order valence-electron chi connectivity index (χ4n) is 4.45. The third kappa shape index (κ3) is 2.52. The minimum Gasteiger partial charge on any atom is -0.229 e. The summed E-state index contributed by atoms with van der Waals surface area (Å²) < 4.78 is 361. The third-order valence-electron chi connectivity index (χ3n) is 6.38. The molecule has 0 unspecified atom stereocenters. The molecule has 0 nitrogen and oxygen atoms in total. The SMILES string of the molecule is FC(F)(F)C(F)(F)[C@]1(F)[C@](F)(C(F)(F)F)[C@](F)(C(F)(F)F)C(F)(F)[C@]2(F)C(F)(F)C(F)(F)C(F)(F)C(F)(F)[C@]21F. The van der Waals surface area contributed by atoms with Gasteiger partial charge >= 0.3 is 59.7 Å². The highest BCUT2D eigenvalue weighted by Gasteiger charge is 3.19. The molecule has 0 saturated heterocycles. The molecule has 0 aromatic rings. The molecule has 0 heterocycles. The summed E-state index contributed by atoms with van der Waals surface area (Å²) >= 11 is 0. The van der Waals surface area contributed by atoms with Crippen molar-refractivity contribution in [2.75, 3.05) is 0 Å². The maximum Gasteiger partial charge on any atom is 0.457 e. The molecule has 0 aliphatic heterocycles. The maximum atomic E-state index is 15.3. The number of fused-ring (bicyclic) bond motifs is 1. The van der Waals surface area contributed by atoms with Crippen LogP contribution < -0.4 is 0 Å². The molecule has 0 radical (unpaired) electrons. The lowest BCUT2D eigenvalue weighted by Crippen LogP contribution is -3.04. The molecular weight excluding hydrogens is 662 g/mol. The minimum atomic E-state index is -10.5. The molecule has 2 aliphatic carbocycles. The molecule has 0 amide bonds. The van der Waals surface area contributed by atoms with Gasteiger partial charge < -0.3 is 0 Å². The molecule has 5 atom stereocenters. The first-order valence-corrected chi connectivity index (χ1v) is 8.66. The Bertz CT molecular complexity index is 1060. The van der Waals surface area contributed by atoms with Crippen molar-refractivity contribution in [3.63, 3.8) is 0 Å². The van der Waals surface area contributed by atoms with E-state index in [-0.39, 0.29) is 0 Å². The van der Waals surface area contributed by atoms with Crippen molar-refractivity contribution < 1.29 is 114 Å². The lowest BCUT2D eigenvalue weighted by molar-refractivity contribution is -0.573. The van der Waals surface area contributed by atoms with Crippen molar-refractivity contribution in [2.24, 2.45) is 0 Å². The molecule has 2 rings (SSSR count). The van der Waals surface area contributed by atoms with Crippen LogP contribution in [0, 0.1) is 0 Å². The molecule has 0 N–H and O–H groups in total. The van der Waals surface area contributed by atoms with Crippen molar-refractivity contribution >= 4 is 0 Å². The monoisotopic (exact) mass is 662 g/mol. The van der Waals surface area contributed by atoms with Crippen molar-refractivity contribution in [2.45, 2.75) is 82.4 Å². The summed E-state index contributed by atoms with van der Waals surface area (Å²) in [5.74, 6) is -57.1. The van der Waals surface area contributed by atoms with Crippen molar-refractivity contribution in [3.05, 3.63) is 0 Å². The van der Waals surface area contributed by atoms with E-state index in [1.807, 2.05) is 0 Å². The first-order valence-electron chi connectivity index (χ1n) is 8.66. The molecular formula is C14F26. The number of hydrogen-bond acceptors (Lipinski definition) is 0. The van der Waals surface area contributed by atoms with Crippen LogP contribution in [0.3, 0.4) is 0 Å². The van der Waals surface area contributed by atoms with Gasteiger partial charge in [0.1, 0.15) is 0 Å². The average Bonchev–Trinajstić information content (AvgIpc) is 2.70. The third-order valence-corrected chi connectivity index (χ3v) is 6.38. The number of rotatable bonds is 1. The molecule has 238 valence electrons. The second kappa shape index (κ2) is 7.21. The van der Waals surface area contributed by atoms with E-state index in [4.69, 9.17) is 0 Å². The van der Waals surface area contributed by atoms with E-state index in [9.17, 15) is 101 Å². The Labute approximate surface area is 198 Å². The second-order valence-corrected chi connectivity index (χ2v) is 8.23. The van der Waals surface area contributed by atoms with Crippen molar-refractivity contribution in [3.8, 4) is 0 Å². The first-order chi connectivity index (χ1) is 16.8. The Balaban J connectivity index is 3.71. The van der Waals surface area contributed by atoms with Crippen LogP contribution >= 0.6 is 0 Å². The maximum absolute atomic E-state index is 15.3. The van der Waals surface area contributed by atoms with E-state index in [0.717, 1.165) is 0 Å².